The highest BCUT2D eigenvalue weighted by atomic mass is 80.0. The van der Waals surface area contributed by atoms with E-state index in [0.717, 1.165) is 5.75 Å². The van der Waals surface area contributed by atoms with Crippen LogP contribution in [0.5, 0.6) is 5.75 Å². The molecule has 1 nitrogen and oxygen atoms in total. The molecule has 0 aliphatic carbocycles. The molecule has 0 aromatic heterocycles. The van der Waals surface area contributed by atoms with Crippen molar-refractivity contribution in [2.45, 2.75) is 2.14 Å². The fourth-order valence-electron chi connectivity index (χ4n) is 0.682. The first-order chi connectivity index (χ1) is 5.58. The summed E-state index contributed by atoms with van der Waals surface area (Å²) in [5, 5.41) is 0. The Hall–Kier alpha value is 0.460. The number of para-hydroxylation sites is 1. The van der Waals surface area contributed by atoms with Crippen molar-refractivity contribution in [1.82, 2.24) is 0 Å². The van der Waals surface area contributed by atoms with E-state index in [1.807, 2.05) is 30.3 Å². The quantitative estimate of drug-likeness (QED) is 0.728. The third-order valence-corrected chi connectivity index (χ3v) is 1.83. The molecule has 1 aromatic rings. The second-order valence-corrected chi connectivity index (χ2v) is 9.47. The fraction of sp³-hybridized carbons (Fsp3) is 0.250. The van der Waals surface area contributed by atoms with Gasteiger partial charge in [0.15, 0.2) is 2.14 Å². The van der Waals surface area contributed by atoms with Crippen LogP contribution < -0.4 is 4.74 Å². The normalized spacial score (nSPS) is 11.2. The molecule has 0 amide bonds. The summed E-state index contributed by atoms with van der Waals surface area (Å²) in [6.45, 7) is 0.511. The molecule has 0 fully saturated rings. The molecule has 0 spiro atoms. The number of ether oxygens (including phenoxy) is 1. The van der Waals surface area contributed by atoms with Gasteiger partial charge in [-0.2, -0.15) is 0 Å². The van der Waals surface area contributed by atoms with E-state index in [1.165, 1.54) is 0 Å². The first kappa shape index (κ1) is 10.5. The smallest absolute Gasteiger partial charge is 0.168 e. The highest BCUT2D eigenvalue weighted by molar-refractivity contribution is 9.39. The standard InChI is InChI=1S/C8H7Br3O/c9-8(10,11)6-12-7-4-2-1-3-5-7/h1-5H,6H2. The van der Waals surface area contributed by atoms with Crippen molar-refractivity contribution in [2.75, 3.05) is 6.61 Å². The van der Waals surface area contributed by atoms with Crippen LogP contribution in [0.15, 0.2) is 30.3 Å². The highest BCUT2D eigenvalue weighted by Gasteiger charge is 2.18. The Balaban J connectivity index is 2.44. The lowest BCUT2D eigenvalue weighted by molar-refractivity contribution is 0.335. The van der Waals surface area contributed by atoms with E-state index in [1.54, 1.807) is 0 Å². The number of hydrogen-bond acceptors (Lipinski definition) is 1. The molecule has 0 aliphatic heterocycles. The first-order valence-electron chi connectivity index (χ1n) is 3.32. The second kappa shape index (κ2) is 4.63. The molecule has 0 aliphatic rings. The van der Waals surface area contributed by atoms with Crippen molar-refractivity contribution in [3.8, 4) is 5.75 Å². The third-order valence-electron chi connectivity index (χ3n) is 1.15. The van der Waals surface area contributed by atoms with Crippen LogP contribution in [-0.4, -0.2) is 8.75 Å². The maximum absolute atomic E-state index is 5.43. The molecular weight excluding hydrogens is 352 g/mol. The predicted octanol–water partition coefficient (Wildman–Crippen LogP) is 3.90. The summed E-state index contributed by atoms with van der Waals surface area (Å²) in [5.41, 5.74) is 0. The Bertz CT molecular complexity index is 230. The van der Waals surface area contributed by atoms with Crippen molar-refractivity contribution in [2.24, 2.45) is 0 Å². The van der Waals surface area contributed by atoms with E-state index in [2.05, 4.69) is 47.8 Å². The minimum Gasteiger partial charge on any atom is -0.490 e. The number of halogens is 3. The third kappa shape index (κ3) is 4.48. The van der Waals surface area contributed by atoms with Crippen molar-refractivity contribution in [3.05, 3.63) is 30.3 Å². The molecule has 12 heavy (non-hydrogen) atoms. The van der Waals surface area contributed by atoms with Gasteiger partial charge in [0.1, 0.15) is 12.4 Å². The van der Waals surface area contributed by atoms with Crippen molar-refractivity contribution in [3.63, 3.8) is 0 Å². The van der Waals surface area contributed by atoms with Gasteiger partial charge in [0.25, 0.3) is 0 Å². The van der Waals surface area contributed by atoms with E-state index < -0.39 is 0 Å². The van der Waals surface area contributed by atoms with Gasteiger partial charge in [0, 0.05) is 0 Å². The number of rotatable bonds is 2. The van der Waals surface area contributed by atoms with Gasteiger partial charge in [-0.05, 0) is 12.1 Å². The summed E-state index contributed by atoms with van der Waals surface area (Å²) in [4.78, 5) is 0. The number of benzene rings is 1. The van der Waals surface area contributed by atoms with Gasteiger partial charge in [0.05, 0.1) is 0 Å². The maximum atomic E-state index is 5.43. The van der Waals surface area contributed by atoms with Gasteiger partial charge < -0.3 is 4.74 Å². The topological polar surface area (TPSA) is 9.23 Å². The molecule has 0 bridgehead atoms. The van der Waals surface area contributed by atoms with Crippen LogP contribution in [-0.2, 0) is 0 Å². The average molecular weight is 359 g/mol. The lowest BCUT2D eigenvalue weighted by Gasteiger charge is -2.13. The van der Waals surface area contributed by atoms with Crippen LogP contribution in [0, 0.1) is 0 Å². The van der Waals surface area contributed by atoms with Crippen LogP contribution in [0.4, 0.5) is 0 Å². The predicted molar refractivity (Wildman–Crippen MR) is 61.4 cm³/mol. The molecule has 0 atom stereocenters. The minimum absolute atomic E-state index is 0.331. The fourth-order valence-corrected chi connectivity index (χ4v) is 1.03. The zero-order valence-electron chi connectivity index (χ0n) is 6.14. The Labute approximate surface area is 96.9 Å². The monoisotopic (exact) mass is 356 g/mol. The molecule has 4 heteroatoms. The zero-order chi connectivity index (χ0) is 9.03. The molecule has 66 valence electrons. The van der Waals surface area contributed by atoms with Gasteiger partial charge in [-0.1, -0.05) is 66.0 Å². The molecule has 0 heterocycles. The van der Waals surface area contributed by atoms with E-state index in [0.29, 0.717) is 6.61 Å². The summed E-state index contributed by atoms with van der Waals surface area (Å²) in [7, 11) is 0. The summed E-state index contributed by atoms with van der Waals surface area (Å²) < 4.78 is 5.10. The zero-order valence-corrected chi connectivity index (χ0v) is 10.9. The average Bonchev–Trinajstić information content (AvgIpc) is 2.02. The number of hydrogen-bond donors (Lipinski definition) is 0. The summed E-state index contributed by atoms with van der Waals surface area (Å²) >= 11 is 10.0. The highest BCUT2D eigenvalue weighted by Crippen LogP contribution is 2.33. The van der Waals surface area contributed by atoms with E-state index in [4.69, 9.17) is 4.74 Å². The van der Waals surface area contributed by atoms with Crippen LogP contribution in [0.25, 0.3) is 0 Å². The molecular formula is C8H7Br3O. The van der Waals surface area contributed by atoms with Crippen LogP contribution in [0.3, 0.4) is 0 Å². The van der Waals surface area contributed by atoms with Crippen molar-refractivity contribution < 1.29 is 4.74 Å². The van der Waals surface area contributed by atoms with Crippen molar-refractivity contribution in [1.29, 1.82) is 0 Å². The Morgan fingerprint density at radius 1 is 1.08 bits per heavy atom. The van der Waals surface area contributed by atoms with Crippen molar-refractivity contribution >= 4 is 47.8 Å². The SMILES string of the molecule is BrC(Br)(Br)COc1ccccc1. The van der Waals surface area contributed by atoms with Crippen LogP contribution in [0.2, 0.25) is 0 Å². The lowest BCUT2D eigenvalue weighted by atomic mass is 10.3. The van der Waals surface area contributed by atoms with E-state index in [9.17, 15) is 0 Å². The summed E-state index contributed by atoms with van der Waals surface area (Å²) in [6, 6.07) is 9.66. The molecule has 0 unspecified atom stereocenters. The molecule has 0 saturated heterocycles. The largest absolute Gasteiger partial charge is 0.490 e. The van der Waals surface area contributed by atoms with Gasteiger partial charge in [-0.25, -0.2) is 0 Å². The van der Waals surface area contributed by atoms with Gasteiger partial charge in [-0.3, -0.25) is 0 Å². The molecule has 1 aromatic carbocycles. The van der Waals surface area contributed by atoms with Gasteiger partial charge in [-0.15, -0.1) is 0 Å². The molecule has 1 rings (SSSR count). The lowest BCUT2D eigenvalue weighted by Crippen LogP contribution is -2.13. The second-order valence-electron chi connectivity index (χ2n) is 2.22. The molecule has 0 N–H and O–H groups in total. The van der Waals surface area contributed by atoms with Gasteiger partial charge >= 0.3 is 0 Å². The Kier molecular flexibility index (Phi) is 4.06. The summed E-state index contributed by atoms with van der Waals surface area (Å²) in [5.74, 6) is 0.861. The summed E-state index contributed by atoms with van der Waals surface area (Å²) in [6.07, 6.45) is 0. The van der Waals surface area contributed by atoms with Crippen LogP contribution >= 0.6 is 47.8 Å². The molecule has 0 radical (unpaired) electrons. The van der Waals surface area contributed by atoms with E-state index >= 15 is 0 Å². The maximum Gasteiger partial charge on any atom is 0.168 e. The minimum atomic E-state index is -0.331. The Morgan fingerprint density at radius 2 is 1.67 bits per heavy atom. The molecule has 0 saturated carbocycles. The first-order valence-corrected chi connectivity index (χ1v) is 5.70. The van der Waals surface area contributed by atoms with Crippen LogP contribution in [0.1, 0.15) is 0 Å². The van der Waals surface area contributed by atoms with E-state index in [-0.39, 0.29) is 2.14 Å². The van der Waals surface area contributed by atoms with Gasteiger partial charge in [0.2, 0.25) is 0 Å². The Morgan fingerprint density at radius 3 is 2.17 bits per heavy atom. The number of alkyl halides is 3.